The van der Waals surface area contributed by atoms with Crippen LogP contribution in [0.4, 0.5) is 0 Å². The molecule has 0 spiro atoms. The highest BCUT2D eigenvalue weighted by atomic mass is 32.1. The Hall–Kier alpha value is -0.940. The fourth-order valence-corrected chi connectivity index (χ4v) is 2.38. The van der Waals surface area contributed by atoms with Crippen molar-refractivity contribution in [3.63, 3.8) is 0 Å². The Bertz CT molecular complexity index is 503. The van der Waals surface area contributed by atoms with Crippen LogP contribution in [0.25, 0.3) is 0 Å². The van der Waals surface area contributed by atoms with Crippen molar-refractivity contribution in [2.75, 3.05) is 13.1 Å². The normalized spacial score (nSPS) is 16.2. The van der Waals surface area contributed by atoms with Gasteiger partial charge >= 0.3 is 0 Å². The van der Waals surface area contributed by atoms with E-state index < -0.39 is 0 Å². The number of nitrogens with one attached hydrogen (secondary N) is 2. The van der Waals surface area contributed by atoms with Gasteiger partial charge in [0.2, 0.25) is 0 Å². The molecule has 94 valence electrons. The monoisotopic (exact) mass is 253 g/mol. The molecule has 1 aliphatic heterocycles. The minimum atomic E-state index is -0.0211. The zero-order chi connectivity index (χ0) is 12.4. The first kappa shape index (κ1) is 12.5. The third kappa shape index (κ3) is 3.04. The summed E-state index contributed by atoms with van der Waals surface area (Å²) >= 11 is 5.00. The van der Waals surface area contributed by atoms with Crippen molar-refractivity contribution in [1.29, 1.82) is 0 Å². The molecule has 0 aromatic carbocycles. The first-order valence-corrected chi connectivity index (χ1v) is 6.54. The van der Waals surface area contributed by atoms with Gasteiger partial charge in [-0.1, -0.05) is 13.8 Å². The van der Waals surface area contributed by atoms with Crippen molar-refractivity contribution in [3.05, 3.63) is 26.4 Å². The van der Waals surface area contributed by atoms with Gasteiger partial charge in [-0.25, -0.2) is 0 Å². The molecule has 0 radical (unpaired) electrons. The van der Waals surface area contributed by atoms with Crippen LogP contribution in [0.1, 0.15) is 31.5 Å². The molecule has 2 N–H and O–H groups in total. The van der Waals surface area contributed by atoms with Crippen LogP contribution >= 0.6 is 12.2 Å². The van der Waals surface area contributed by atoms with Crippen molar-refractivity contribution < 1.29 is 0 Å². The molecular formula is C12H19N3OS. The molecule has 0 aliphatic carbocycles. The molecule has 1 aromatic rings. The second kappa shape index (κ2) is 5.14. The molecule has 5 heteroatoms. The van der Waals surface area contributed by atoms with E-state index in [1.54, 1.807) is 0 Å². The average Bonchev–Trinajstić information content (AvgIpc) is 2.25. The lowest BCUT2D eigenvalue weighted by Gasteiger charge is -2.28. The molecule has 0 atom stereocenters. The van der Waals surface area contributed by atoms with Gasteiger partial charge in [-0.05, 0) is 37.5 Å². The minimum Gasteiger partial charge on any atom is -0.334 e. The van der Waals surface area contributed by atoms with Gasteiger partial charge in [-0.2, -0.15) is 0 Å². The number of aromatic amines is 2. The molecular weight excluding hydrogens is 234 g/mol. The van der Waals surface area contributed by atoms with Crippen molar-refractivity contribution >= 4 is 12.2 Å². The predicted octanol–water partition coefficient (Wildman–Crippen LogP) is 1.84. The Kier molecular flexibility index (Phi) is 3.79. The average molecular weight is 253 g/mol. The van der Waals surface area contributed by atoms with Crippen molar-refractivity contribution in [1.82, 2.24) is 14.9 Å². The number of hydrogen-bond acceptors (Lipinski definition) is 3. The summed E-state index contributed by atoms with van der Waals surface area (Å²) < 4.78 is 0.430. The molecule has 1 aromatic heterocycles. The molecule has 0 fully saturated rings. The van der Waals surface area contributed by atoms with Crippen molar-refractivity contribution in [2.24, 2.45) is 5.92 Å². The first-order valence-electron chi connectivity index (χ1n) is 6.13. The van der Waals surface area contributed by atoms with Crippen LogP contribution in [0.3, 0.4) is 0 Å². The van der Waals surface area contributed by atoms with E-state index in [0.29, 0.717) is 10.7 Å². The number of H-pyrrole nitrogens is 2. The molecule has 2 rings (SSSR count). The topological polar surface area (TPSA) is 51.9 Å². The van der Waals surface area contributed by atoms with E-state index in [1.807, 2.05) is 0 Å². The lowest BCUT2D eigenvalue weighted by Crippen LogP contribution is -2.36. The lowest BCUT2D eigenvalue weighted by molar-refractivity contribution is 0.234. The van der Waals surface area contributed by atoms with E-state index in [0.717, 1.165) is 37.3 Å². The lowest BCUT2D eigenvalue weighted by atomic mass is 10.1. The second-order valence-corrected chi connectivity index (χ2v) is 5.48. The number of aromatic nitrogens is 2. The van der Waals surface area contributed by atoms with E-state index >= 15 is 0 Å². The molecule has 1 aliphatic rings. The van der Waals surface area contributed by atoms with E-state index in [9.17, 15) is 4.79 Å². The SMILES string of the molecule is CC(C)CCN1CCc2c([nH]c(=S)[nH]c2=O)C1. The van der Waals surface area contributed by atoms with Gasteiger partial charge in [0.05, 0.1) is 0 Å². The predicted molar refractivity (Wildman–Crippen MR) is 70.7 cm³/mol. The maximum absolute atomic E-state index is 11.7. The van der Waals surface area contributed by atoms with Crippen LogP contribution in [0, 0.1) is 10.7 Å². The van der Waals surface area contributed by atoms with Gasteiger partial charge in [0.25, 0.3) is 5.56 Å². The van der Waals surface area contributed by atoms with Crippen LogP contribution in [0.2, 0.25) is 0 Å². The molecule has 17 heavy (non-hydrogen) atoms. The minimum absolute atomic E-state index is 0.0211. The smallest absolute Gasteiger partial charge is 0.255 e. The Morgan fingerprint density at radius 3 is 2.88 bits per heavy atom. The van der Waals surface area contributed by atoms with E-state index in [-0.39, 0.29) is 5.56 Å². The third-order valence-corrected chi connectivity index (χ3v) is 3.42. The maximum Gasteiger partial charge on any atom is 0.255 e. The zero-order valence-electron chi connectivity index (χ0n) is 10.4. The standard InChI is InChI=1S/C12H19N3OS/c1-8(2)3-5-15-6-4-9-10(7-15)13-12(17)14-11(9)16/h8H,3-7H2,1-2H3,(H2,13,14,16,17). The van der Waals surface area contributed by atoms with E-state index in [4.69, 9.17) is 12.2 Å². The van der Waals surface area contributed by atoms with Crippen molar-refractivity contribution in [3.8, 4) is 0 Å². The number of fused-ring (bicyclic) bond motifs is 1. The third-order valence-electron chi connectivity index (χ3n) is 3.21. The Labute approximate surface area is 106 Å². The number of hydrogen-bond donors (Lipinski definition) is 2. The maximum atomic E-state index is 11.7. The highest BCUT2D eigenvalue weighted by Gasteiger charge is 2.19. The van der Waals surface area contributed by atoms with E-state index in [1.165, 1.54) is 6.42 Å². The Morgan fingerprint density at radius 2 is 2.18 bits per heavy atom. The highest BCUT2D eigenvalue weighted by Crippen LogP contribution is 2.14. The molecule has 0 bridgehead atoms. The summed E-state index contributed by atoms with van der Waals surface area (Å²) in [5.74, 6) is 0.717. The van der Waals surface area contributed by atoms with Gasteiger partial charge in [0.1, 0.15) is 0 Å². The van der Waals surface area contributed by atoms with E-state index in [2.05, 4.69) is 28.7 Å². The summed E-state index contributed by atoms with van der Waals surface area (Å²) in [5.41, 5.74) is 1.85. The fourth-order valence-electron chi connectivity index (χ4n) is 2.16. The summed E-state index contributed by atoms with van der Waals surface area (Å²) in [7, 11) is 0. The van der Waals surface area contributed by atoms with Crippen LogP contribution < -0.4 is 5.56 Å². The van der Waals surface area contributed by atoms with Gasteiger partial charge in [-0.15, -0.1) is 0 Å². The zero-order valence-corrected chi connectivity index (χ0v) is 11.2. The Morgan fingerprint density at radius 1 is 1.41 bits per heavy atom. The van der Waals surface area contributed by atoms with Gasteiger partial charge in [0.15, 0.2) is 4.77 Å². The first-order chi connectivity index (χ1) is 8.06. The number of rotatable bonds is 3. The molecule has 2 heterocycles. The van der Waals surface area contributed by atoms with Crippen LogP contribution in [-0.4, -0.2) is 28.0 Å². The molecule has 0 amide bonds. The Balaban J connectivity index is 2.13. The summed E-state index contributed by atoms with van der Waals surface area (Å²) in [6.45, 7) is 7.33. The van der Waals surface area contributed by atoms with Crippen LogP contribution in [0.5, 0.6) is 0 Å². The highest BCUT2D eigenvalue weighted by molar-refractivity contribution is 7.71. The van der Waals surface area contributed by atoms with Gasteiger partial charge in [0, 0.05) is 24.3 Å². The van der Waals surface area contributed by atoms with Gasteiger partial charge in [-0.3, -0.25) is 14.7 Å². The quantitative estimate of drug-likeness (QED) is 0.808. The molecule has 0 unspecified atom stereocenters. The summed E-state index contributed by atoms with van der Waals surface area (Å²) in [5, 5.41) is 0. The largest absolute Gasteiger partial charge is 0.334 e. The van der Waals surface area contributed by atoms with Gasteiger partial charge < -0.3 is 4.98 Å². The second-order valence-electron chi connectivity index (χ2n) is 5.07. The van der Waals surface area contributed by atoms with Crippen LogP contribution in [0.15, 0.2) is 4.79 Å². The summed E-state index contributed by atoms with van der Waals surface area (Å²) in [4.78, 5) is 19.8. The molecule has 0 saturated heterocycles. The fraction of sp³-hybridized carbons (Fsp3) is 0.667. The molecule has 4 nitrogen and oxygen atoms in total. The summed E-state index contributed by atoms with van der Waals surface area (Å²) in [6.07, 6.45) is 2.01. The van der Waals surface area contributed by atoms with Crippen molar-refractivity contribution in [2.45, 2.75) is 33.2 Å². The van der Waals surface area contributed by atoms with Crippen LogP contribution in [-0.2, 0) is 13.0 Å². The summed E-state index contributed by atoms with van der Waals surface area (Å²) in [6, 6.07) is 0. The molecule has 0 saturated carbocycles. The number of nitrogens with zero attached hydrogens (tertiary/aromatic N) is 1.